The van der Waals surface area contributed by atoms with E-state index in [1.807, 2.05) is 0 Å². The average Bonchev–Trinajstić information content (AvgIpc) is 2.34. The molecule has 0 heterocycles. The van der Waals surface area contributed by atoms with Crippen molar-refractivity contribution < 1.29 is 27.8 Å². The molecule has 1 rings (SSSR count). The van der Waals surface area contributed by atoms with Crippen molar-refractivity contribution in [2.75, 3.05) is 20.8 Å². The molecule has 0 saturated heterocycles. The Morgan fingerprint density at radius 3 is 2.59 bits per heavy atom. The van der Waals surface area contributed by atoms with Crippen LogP contribution in [0.2, 0.25) is 0 Å². The number of alkyl halides is 2. The molecular formula is C11H12F2O4. The number of hydrogen-bond acceptors (Lipinski definition) is 4. The van der Waals surface area contributed by atoms with Gasteiger partial charge in [-0.1, -0.05) is 0 Å². The first-order chi connectivity index (χ1) is 8.08. The quantitative estimate of drug-likeness (QED) is 0.746. The first-order valence-electron chi connectivity index (χ1n) is 4.75. The number of methoxy groups -OCH3 is 2. The number of halogens is 2. The van der Waals surface area contributed by atoms with Gasteiger partial charge < -0.3 is 14.2 Å². The maximum atomic E-state index is 11.9. The molecule has 6 heteroatoms. The van der Waals surface area contributed by atoms with Gasteiger partial charge in [0.1, 0.15) is 23.7 Å². The summed E-state index contributed by atoms with van der Waals surface area (Å²) in [6.07, 6.45) is -2.55. The maximum absolute atomic E-state index is 11.9. The molecule has 0 aliphatic carbocycles. The highest BCUT2D eigenvalue weighted by molar-refractivity contribution is 5.92. The Balaban J connectivity index is 2.88. The topological polar surface area (TPSA) is 44.8 Å². The van der Waals surface area contributed by atoms with E-state index in [2.05, 4.69) is 4.74 Å². The van der Waals surface area contributed by atoms with Gasteiger partial charge in [0.05, 0.1) is 14.2 Å². The van der Waals surface area contributed by atoms with Gasteiger partial charge in [0.25, 0.3) is 6.43 Å². The second-order valence-electron chi connectivity index (χ2n) is 3.06. The minimum atomic E-state index is -2.55. The number of hydrogen-bond donors (Lipinski definition) is 0. The van der Waals surface area contributed by atoms with E-state index in [4.69, 9.17) is 9.47 Å². The number of carbonyl (C=O) groups excluding carboxylic acids is 1. The van der Waals surface area contributed by atoms with E-state index in [0.29, 0.717) is 0 Å². The Hall–Kier alpha value is -1.85. The molecule has 0 aliphatic rings. The van der Waals surface area contributed by atoms with Crippen molar-refractivity contribution >= 4 is 5.97 Å². The molecule has 0 N–H and O–H groups in total. The highest BCUT2D eigenvalue weighted by Gasteiger charge is 2.14. The predicted octanol–water partition coefficient (Wildman–Crippen LogP) is 2.13. The molecule has 1 aromatic carbocycles. The smallest absolute Gasteiger partial charge is 0.341 e. The number of ether oxygens (including phenoxy) is 3. The molecule has 0 fully saturated rings. The zero-order valence-corrected chi connectivity index (χ0v) is 9.41. The highest BCUT2D eigenvalue weighted by Crippen LogP contribution is 2.25. The molecule has 0 unspecified atom stereocenters. The molecule has 0 atom stereocenters. The zero-order valence-electron chi connectivity index (χ0n) is 9.41. The van der Waals surface area contributed by atoms with E-state index < -0.39 is 19.0 Å². The molecule has 0 saturated carbocycles. The fourth-order valence-corrected chi connectivity index (χ4v) is 1.20. The van der Waals surface area contributed by atoms with E-state index in [1.54, 1.807) is 0 Å². The molecule has 94 valence electrons. The largest absolute Gasteiger partial charge is 0.496 e. The molecule has 0 aliphatic heterocycles. The van der Waals surface area contributed by atoms with E-state index in [-0.39, 0.29) is 17.1 Å². The Labute approximate surface area is 97.1 Å². The van der Waals surface area contributed by atoms with Crippen molar-refractivity contribution in [3.63, 3.8) is 0 Å². The van der Waals surface area contributed by atoms with Crippen molar-refractivity contribution in [2.24, 2.45) is 0 Å². The molecule has 0 radical (unpaired) electrons. The van der Waals surface area contributed by atoms with Crippen LogP contribution in [-0.4, -0.2) is 33.2 Å². The molecule has 0 amide bonds. The van der Waals surface area contributed by atoms with Crippen LogP contribution >= 0.6 is 0 Å². The highest BCUT2D eigenvalue weighted by atomic mass is 19.3. The Bertz CT molecular complexity index is 393. The molecule has 0 bridgehead atoms. The minimum Gasteiger partial charge on any atom is -0.496 e. The van der Waals surface area contributed by atoms with Gasteiger partial charge in [-0.05, 0) is 12.1 Å². The van der Waals surface area contributed by atoms with Crippen LogP contribution in [0, 0.1) is 0 Å². The van der Waals surface area contributed by atoms with E-state index in [9.17, 15) is 13.6 Å². The Morgan fingerprint density at radius 1 is 1.35 bits per heavy atom. The predicted molar refractivity (Wildman–Crippen MR) is 55.8 cm³/mol. The number of benzene rings is 1. The van der Waals surface area contributed by atoms with Crippen LogP contribution in [0.4, 0.5) is 8.78 Å². The number of esters is 1. The van der Waals surface area contributed by atoms with Crippen molar-refractivity contribution in [1.29, 1.82) is 0 Å². The molecule has 0 aromatic heterocycles. The average molecular weight is 246 g/mol. The lowest BCUT2D eigenvalue weighted by Crippen LogP contribution is -2.08. The maximum Gasteiger partial charge on any atom is 0.341 e. The van der Waals surface area contributed by atoms with E-state index in [1.165, 1.54) is 32.4 Å². The van der Waals surface area contributed by atoms with Crippen molar-refractivity contribution in [3.8, 4) is 11.5 Å². The van der Waals surface area contributed by atoms with E-state index >= 15 is 0 Å². The third-order valence-corrected chi connectivity index (χ3v) is 1.95. The summed E-state index contributed by atoms with van der Waals surface area (Å²) in [6, 6.07) is 4.15. The fourth-order valence-electron chi connectivity index (χ4n) is 1.20. The lowest BCUT2D eigenvalue weighted by molar-refractivity contribution is 0.0596. The lowest BCUT2D eigenvalue weighted by Gasteiger charge is -2.10. The van der Waals surface area contributed by atoms with Crippen LogP contribution in [0.15, 0.2) is 18.2 Å². The van der Waals surface area contributed by atoms with Crippen molar-refractivity contribution in [1.82, 2.24) is 0 Å². The van der Waals surface area contributed by atoms with Gasteiger partial charge >= 0.3 is 5.97 Å². The Morgan fingerprint density at radius 2 is 2.06 bits per heavy atom. The third kappa shape index (κ3) is 3.58. The van der Waals surface area contributed by atoms with Gasteiger partial charge in [-0.25, -0.2) is 13.6 Å². The van der Waals surface area contributed by atoms with Gasteiger partial charge in [-0.15, -0.1) is 0 Å². The fraction of sp³-hybridized carbons (Fsp3) is 0.364. The molecule has 1 aromatic rings. The summed E-state index contributed by atoms with van der Waals surface area (Å²) in [5, 5.41) is 0. The number of rotatable bonds is 5. The zero-order chi connectivity index (χ0) is 12.8. The van der Waals surface area contributed by atoms with E-state index in [0.717, 1.165) is 0 Å². The summed E-state index contributed by atoms with van der Waals surface area (Å²) in [6.45, 7) is -0.708. The minimum absolute atomic E-state index is 0.204. The SMILES string of the molecule is COC(=O)c1ccc(OCC(F)F)cc1OC. The van der Waals surface area contributed by atoms with Gasteiger partial charge in [0.15, 0.2) is 0 Å². The second kappa shape index (κ2) is 6.03. The summed E-state index contributed by atoms with van der Waals surface area (Å²) in [7, 11) is 2.60. The lowest BCUT2D eigenvalue weighted by atomic mass is 10.2. The van der Waals surface area contributed by atoms with Crippen LogP contribution in [0.5, 0.6) is 11.5 Å². The van der Waals surface area contributed by atoms with Crippen molar-refractivity contribution in [2.45, 2.75) is 6.43 Å². The van der Waals surface area contributed by atoms with Crippen molar-refractivity contribution in [3.05, 3.63) is 23.8 Å². The first-order valence-corrected chi connectivity index (χ1v) is 4.75. The first kappa shape index (κ1) is 13.2. The Kier molecular flexibility index (Phi) is 4.68. The summed E-state index contributed by atoms with van der Waals surface area (Å²) in [4.78, 5) is 11.3. The van der Waals surface area contributed by atoms with Crippen LogP contribution < -0.4 is 9.47 Å². The summed E-state index contributed by atoms with van der Waals surface area (Å²) in [5.74, 6) is -0.152. The summed E-state index contributed by atoms with van der Waals surface area (Å²) in [5.41, 5.74) is 0.208. The van der Waals surface area contributed by atoms with Crippen LogP contribution in [0.25, 0.3) is 0 Å². The van der Waals surface area contributed by atoms with Gasteiger partial charge in [-0.2, -0.15) is 0 Å². The van der Waals surface area contributed by atoms with Crippen LogP contribution in [0.3, 0.4) is 0 Å². The summed E-state index contributed by atoms with van der Waals surface area (Å²) < 4.78 is 38.1. The normalized spacial score (nSPS) is 10.2. The molecule has 0 spiro atoms. The monoisotopic (exact) mass is 246 g/mol. The number of carbonyl (C=O) groups is 1. The van der Waals surface area contributed by atoms with Gasteiger partial charge in [0.2, 0.25) is 0 Å². The molecular weight excluding hydrogens is 234 g/mol. The van der Waals surface area contributed by atoms with Gasteiger partial charge in [-0.3, -0.25) is 0 Å². The van der Waals surface area contributed by atoms with Gasteiger partial charge in [0, 0.05) is 6.07 Å². The summed E-state index contributed by atoms with van der Waals surface area (Å²) >= 11 is 0. The van der Waals surface area contributed by atoms with Crippen LogP contribution in [0.1, 0.15) is 10.4 Å². The standard InChI is InChI=1S/C11H12F2O4/c1-15-9-5-7(17-6-10(12)13)3-4-8(9)11(14)16-2/h3-5,10H,6H2,1-2H3. The van der Waals surface area contributed by atoms with Crippen LogP contribution in [-0.2, 0) is 4.74 Å². The second-order valence-corrected chi connectivity index (χ2v) is 3.06. The molecule has 4 nitrogen and oxygen atoms in total. The third-order valence-electron chi connectivity index (χ3n) is 1.95. The molecule has 17 heavy (non-hydrogen) atoms.